The summed E-state index contributed by atoms with van der Waals surface area (Å²) < 4.78 is 11.8. The van der Waals surface area contributed by atoms with E-state index in [0.717, 1.165) is 11.5 Å². The molecule has 0 spiro atoms. The topological polar surface area (TPSA) is 68.7 Å². The zero-order valence-corrected chi connectivity index (χ0v) is 12.1. The third-order valence-corrected chi connectivity index (χ3v) is 3.73. The van der Waals surface area contributed by atoms with Crippen molar-refractivity contribution in [1.29, 1.82) is 0 Å². The number of hydrogen-bond acceptors (Lipinski definition) is 4. The number of nitrogens with zero attached hydrogens (tertiary/aromatic N) is 1. The second-order valence-corrected chi connectivity index (χ2v) is 5.78. The molecule has 1 aromatic heterocycles. The normalized spacial score (nSPS) is 20.5. The highest BCUT2D eigenvalue weighted by atomic mass is 16.7. The van der Waals surface area contributed by atoms with Crippen molar-refractivity contribution in [2.45, 2.75) is 38.9 Å². The number of aromatic nitrogens is 1. The summed E-state index contributed by atoms with van der Waals surface area (Å²) in [6.45, 7) is 7.96. The van der Waals surface area contributed by atoms with Crippen LogP contribution in [0, 0.1) is 0 Å². The first kappa shape index (κ1) is 14.7. The van der Waals surface area contributed by atoms with Crippen LogP contribution in [0.25, 0.3) is 6.08 Å². The van der Waals surface area contributed by atoms with Crippen LogP contribution in [-0.4, -0.2) is 34.4 Å². The first-order valence-electron chi connectivity index (χ1n) is 6.44. The van der Waals surface area contributed by atoms with E-state index in [4.69, 9.17) is 14.4 Å². The molecule has 1 aliphatic rings. The van der Waals surface area contributed by atoms with E-state index in [1.807, 2.05) is 33.8 Å². The van der Waals surface area contributed by atoms with Crippen LogP contribution in [0.5, 0.6) is 0 Å². The number of pyridine rings is 1. The summed E-state index contributed by atoms with van der Waals surface area (Å²) in [5.74, 6) is -0.998. The Morgan fingerprint density at radius 1 is 1.25 bits per heavy atom. The van der Waals surface area contributed by atoms with Gasteiger partial charge in [-0.25, -0.2) is 4.79 Å². The summed E-state index contributed by atoms with van der Waals surface area (Å²) in [6, 6.07) is 3.57. The van der Waals surface area contributed by atoms with E-state index in [1.54, 1.807) is 12.3 Å². The van der Waals surface area contributed by atoms with E-state index in [0.29, 0.717) is 5.69 Å². The molecule has 1 saturated heterocycles. The summed E-state index contributed by atoms with van der Waals surface area (Å²) in [5, 5.41) is 8.56. The fourth-order valence-electron chi connectivity index (χ4n) is 1.79. The molecule has 5 nitrogen and oxygen atoms in total. The van der Waals surface area contributed by atoms with E-state index >= 15 is 0 Å². The Morgan fingerprint density at radius 3 is 2.30 bits per heavy atom. The Kier molecular flexibility index (Phi) is 3.71. The lowest BCUT2D eigenvalue weighted by molar-refractivity contribution is -0.131. The van der Waals surface area contributed by atoms with Gasteiger partial charge >= 0.3 is 13.1 Å². The van der Waals surface area contributed by atoms with Gasteiger partial charge in [0.25, 0.3) is 0 Å². The Balaban J connectivity index is 2.14. The molecule has 1 fully saturated rings. The Hall–Kier alpha value is -1.66. The molecule has 2 rings (SSSR count). The van der Waals surface area contributed by atoms with E-state index in [-0.39, 0.29) is 11.2 Å². The van der Waals surface area contributed by atoms with Gasteiger partial charge in [-0.15, -0.1) is 0 Å². The largest absolute Gasteiger partial charge is 0.496 e. The van der Waals surface area contributed by atoms with Crippen molar-refractivity contribution in [2.24, 2.45) is 0 Å². The molecule has 0 unspecified atom stereocenters. The first-order chi connectivity index (χ1) is 9.21. The molecule has 0 bridgehead atoms. The maximum atomic E-state index is 10.4. The van der Waals surface area contributed by atoms with E-state index in [1.165, 1.54) is 6.08 Å². The number of carboxylic acids is 1. The molecule has 0 saturated carbocycles. The minimum absolute atomic E-state index is 0.389. The van der Waals surface area contributed by atoms with Crippen molar-refractivity contribution in [3.63, 3.8) is 0 Å². The molecule has 1 aliphatic heterocycles. The quantitative estimate of drug-likeness (QED) is 0.668. The predicted molar refractivity (Wildman–Crippen MR) is 76.6 cm³/mol. The van der Waals surface area contributed by atoms with Gasteiger partial charge in [0.1, 0.15) is 0 Å². The minimum Gasteiger partial charge on any atom is -0.478 e. The highest BCUT2D eigenvalue weighted by Gasteiger charge is 2.51. The highest BCUT2D eigenvalue weighted by molar-refractivity contribution is 6.62. The van der Waals surface area contributed by atoms with Crippen molar-refractivity contribution < 1.29 is 19.2 Å². The highest BCUT2D eigenvalue weighted by Crippen LogP contribution is 2.36. The van der Waals surface area contributed by atoms with Crippen molar-refractivity contribution in [3.8, 4) is 0 Å². The van der Waals surface area contributed by atoms with Crippen molar-refractivity contribution in [3.05, 3.63) is 30.1 Å². The standard InChI is InChI=1S/C14H18BNO4/c1-13(2)14(3,4)20-15(19-13)10-5-6-11(16-9-10)7-8-12(17)18/h5-9H,1-4H3,(H,17,18). The van der Waals surface area contributed by atoms with Gasteiger partial charge in [-0.3, -0.25) is 4.98 Å². The molecule has 0 aromatic carbocycles. The number of aliphatic carboxylic acids is 1. The molecule has 106 valence electrons. The Morgan fingerprint density at radius 2 is 1.85 bits per heavy atom. The molecular formula is C14H18BNO4. The van der Waals surface area contributed by atoms with Crippen LogP contribution in [0.1, 0.15) is 33.4 Å². The lowest BCUT2D eigenvalue weighted by Crippen LogP contribution is -2.41. The van der Waals surface area contributed by atoms with Crippen molar-refractivity contribution in [2.75, 3.05) is 0 Å². The molecule has 20 heavy (non-hydrogen) atoms. The average molecular weight is 275 g/mol. The fourth-order valence-corrected chi connectivity index (χ4v) is 1.79. The summed E-state index contributed by atoms with van der Waals surface area (Å²) in [4.78, 5) is 14.6. The molecule has 0 atom stereocenters. The molecule has 0 aliphatic carbocycles. The van der Waals surface area contributed by atoms with Crippen molar-refractivity contribution in [1.82, 2.24) is 4.98 Å². The van der Waals surface area contributed by atoms with Crippen molar-refractivity contribution >= 4 is 24.6 Å². The lowest BCUT2D eigenvalue weighted by atomic mass is 9.80. The van der Waals surface area contributed by atoms with Crippen LogP contribution in [0.15, 0.2) is 24.4 Å². The Bertz CT molecular complexity index is 521. The zero-order chi connectivity index (χ0) is 15.0. The van der Waals surface area contributed by atoms with Crippen LogP contribution in [-0.2, 0) is 14.1 Å². The van der Waals surface area contributed by atoms with Crippen LogP contribution >= 0.6 is 0 Å². The number of carboxylic acid groups (broad SMARTS) is 1. The third-order valence-electron chi connectivity index (χ3n) is 3.73. The fraction of sp³-hybridized carbons (Fsp3) is 0.429. The predicted octanol–water partition coefficient (Wildman–Crippen LogP) is 1.48. The van der Waals surface area contributed by atoms with Crippen LogP contribution in [0.2, 0.25) is 0 Å². The molecule has 0 radical (unpaired) electrons. The van der Waals surface area contributed by atoms with E-state index < -0.39 is 13.1 Å². The van der Waals surface area contributed by atoms with Gasteiger partial charge < -0.3 is 14.4 Å². The zero-order valence-electron chi connectivity index (χ0n) is 12.1. The van der Waals surface area contributed by atoms with Gasteiger partial charge in [0.05, 0.1) is 16.9 Å². The average Bonchev–Trinajstić information content (AvgIpc) is 2.56. The minimum atomic E-state index is -0.998. The van der Waals surface area contributed by atoms with Gasteiger partial charge in [-0.1, -0.05) is 6.07 Å². The van der Waals surface area contributed by atoms with Crippen LogP contribution in [0.4, 0.5) is 0 Å². The molecule has 1 N–H and O–H groups in total. The van der Waals surface area contributed by atoms with Crippen LogP contribution in [0.3, 0.4) is 0 Å². The van der Waals surface area contributed by atoms with Gasteiger partial charge in [-0.05, 0) is 39.8 Å². The number of carbonyl (C=O) groups is 1. The lowest BCUT2D eigenvalue weighted by Gasteiger charge is -2.32. The molecule has 1 aromatic rings. The summed E-state index contributed by atoms with van der Waals surface area (Å²) in [7, 11) is -0.454. The summed E-state index contributed by atoms with van der Waals surface area (Å²) >= 11 is 0. The Labute approximate surface area is 118 Å². The first-order valence-corrected chi connectivity index (χ1v) is 6.44. The van der Waals surface area contributed by atoms with Gasteiger partial charge in [0.15, 0.2) is 0 Å². The monoisotopic (exact) mass is 275 g/mol. The second kappa shape index (κ2) is 5.03. The third kappa shape index (κ3) is 2.91. The van der Waals surface area contributed by atoms with Crippen LogP contribution < -0.4 is 5.46 Å². The van der Waals surface area contributed by atoms with Gasteiger partial charge in [0.2, 0.25) is 0 Å². The molecule has 0 amide bonds. The maximum Gasteiger partial charge on any atom is 0.496 e. The van der Waals surface area contributed by atoms with E-state index in [2.05, 4.69) is 4.98 Å². The van der Waals surface area contributed by atoms with E-state index in [9.17, 15) is 4.79 Å². The summed E-state index contributed by atoms with van der Waals surface area (Å²) in [6.07, 6.45) is 4.14. The van der Waals surface area contributed by atoms with Gasteiger partial charge in [0, 0.05) is 17.7 Å². The number of rotatable bonds is 3. The summed E-state index contributed by atoms with van der Waals surface area (Å²) in [5.41, 5.74) is 0.614. The maximum absolute atomic E-state index is 10.4. The van der Waals surface area contributed by atoms with Gasteiger partial charge in [-0.2, -0.15) is 0 Å². The SMILES string of the molecule is CC1(C)OB(c2ccc(C=CC(=O)O)nc2)OC1(C)C. The molecular weight excluding hydrogens is 257 g/mol. The smallest absolute Gasteiger partial charge is 0.478 e. The second-order valence-electron chi connectivity index (χ2n) is 5.78. The number of hydrogen-bond donors (Lipinski definition) is 1. The molecule has 6 heteroatoms. The molecule has 2 heterocycles.